The minimum absolute atomic E-state index is 0.0781. The molecule has 28 heavy (non-hydrogen) atoms. The third-order valence-electron chi connectivity index (χ3n) is 5.57. The fraction of sp³-hybridized carbons (Fsp3) is 0.238. The lowest BCUT2D eigenvalue weighted by molar-refractivity contribution is -0.116. The molecule has 1 aromatic carbocycles. The number of benzene rings is 1. The number of H-pyrrole nitrogens is 2. The van der Waals surface area contributed by atoms with E-state index in [1.807, 2.05) is 35.7 Å². The normalized spacial score (nSPS) is 21.1. The van der Waals surface area contributed by atoms with E-state index in [0.717, 1.165) is 17.7 Å². The lowest BCUT2D eigenvalue weighted by Gasteiger charge is -2.34. The van der Waals surface area contributed by atoms with E-state index < -0.39 is 5.92 Å². The van der Waals surface area contributed by atoms with Crippen LogP contribution in [0.1, 0.15) is 40.7 Å². The third-order valence-corrected chi connectivity index (χ3v) is 6.61. The number of Topliss-reactive ketones (excluding diaryl/α,β-unsaturated/α-hetero) is 1. The van der Waals surface area contributed by atoms with Crippen LogP contribution in [0.3, 0.4) is 0 Å². The Morgan fingerprint density at radius 1 is 1.07 bits per heavy atom. The van der Waals surface area contributed by atoms with Crippen molar-refractivity contribution < 1.29 is 9.53 Å². The zero-order valence-corrected chi connectivity index (χ0v) is 16.1. The first-order valence-electron chi connectivity index (χ1n) is 9.17. The third kappa shape index (κ3) is 2.54. The summed E-state index contributed by atoms with van der Waals surface area (Å²) in [5, 5.41) is 10.9. The van der Waals surface area contributed by atoms with E-state index in [-0.39, 0.29) is 17.3 Å². The highest BCUT2D eigenvalue weighted by Crippen LogP contribution is 2.48. The van der Waals surface area contributed by atoms with Gasteiger partial charge in [0.25, 0.3) is 5.56 Å². The van der Waals surface area contributed by atoms with E-state index in [2.05, 4.69) is 21.6 Å². The van der Waals surface area contributed by atoms with Gasteiger partial charge in [0.15, 0.2) is 5.78 Å². The van der Waals surface area contributed by atoms with Crippen LogP contribution < -0.4 is 15.6 Å². The van der Waals surface area contributed by atoms with Crippen LogP contribution in [0.2, 0.25) is 0 Å². The molecule has 2 aliphatic rings. The molecule has 2 atom stereocenters. The van der Waals surface area contributed by atoms with Crippen molar-refractivity contribution in [2.24, 2.45) is 0 Å². The van der Waals surface area contributed by atoms with Crippen molar-refractivity contribution in [3.05, 3.63) is 79.4 Å². The maximum atomic E-state index is 13.3. The van der Waals surface area contributed by atoms with Gasteiger partial charge >= 0.3 is 0 Å². The average Bonchev–Trinajstić information content (AvgIpc) is 3.37. The molecule has 0 bridgehead atoms. The smallest absolute Gasteiger partial charge is 0.270 e. The summed E-state index contributed by atoms with van der Waals surface area (Å²) >= 11 is 1.68. The topological polar surface area (TPSA) is 87.0 Å². The maximum Gasteiger partial charge on any atom is 0.270 e. The van der Waals surface area contributed by atoms with Gasteiger partial charge in [-0.1, -0.05) is 24.3 Å². The number of allylic oxidation sites excluding steroid dienone is 2. The van der Waals surface area contributed by atoms with E-state index in [0.29, 0.717) is 29.1 Å². The zero-order valence-electron chi connectivity index (χ0n) is 15.2. The Morgan fingerprint density at radius 3 is 2.71 bits per heavy atom. The molecule has 0 radical (unpaired) electrons. The second kappa shape index (κ2) is 6.53. The number of carbonyl (C=O) groups is 1. The van der Waals surface area contributed by atoms with Crippen LogP contribution in [-0.4, -0.2) is 23.1 Å². The van der Waals surface area contributed by atoms with E-state index in [9.17, 15) is 9.59 Å². The molecule has 0 amide bonds. The van der Waals surface area contributed by atoms with Crippen molar-refractivity contribution in [3.8, 4) is 5.75 Å². The second-order valence-electron chi connectivity index (χ2n) is 7.10. The fourth-order valence-corrected chi connectivity index (χ4v) is 5.19. The average molecular weight is 393 g/mol. The molecule has 142 valence electrons. The molecule has 2 aromatic heterocycles. The van der Waals surface area contributed by atoms with Gasteiger partial charge in [-0.15, -0.1) is 11.3 Å². The van der Waals surface area contributed by atoms with Crippen LogP contribution in [-0.2, 0) is 4.79 Å². The van der Waals surface area contributed by atoms with Crippen LogP contribution >= 0.6 is 11.3 Å². The summed E-state index contributed by atoms with van der Waals surface area (Å²) in [6, 6.07) is 11.7. The minimum Gasteiger partial charge on any atom is -0.496 e. The highest BCUT2D eigenvalue weighted by atomic mass is 32.1. The number of fused-ring (bicyclic) bond motifs is 1. The molecule has 0 saturated carbocycles. The summed E-state index contributed by atoms with van der Waals surface area (Å²) in [5.41, 5.74) is 2.70. The van der Waals surface area contributed by atoms with Crippen molar-refractivity contribution >= 4 is 22.9 Å². The monoisotopic (exact) mass is 393 g/mol. The summed E-state index contributed by atoms with van der Waals surface area (Å²) < 4.78 is 5.55. The quantitative estimate of drug-likeness (QED) is 0.633. The molecule has 5 rings (SSSR count). The predicted molar refractivity (Wildman–Crippen MR) is 108 cm³/mol. The van der Waals surface area contributed by atoms with Crippen LogP contribution in [0, 0.1) is 0 Å². The molecule has 0 saturated heterocycles. The second-order valence-corrected chi connectivity index (χ2v) is 8.08. The lowest BCUT2D eigenvalue weighted by atomic mass is 9.73. The SMILES string of the molecule is COc1ccccc1[C@@H]1C2=C(C[C@@H](c3cccs3)CC2=O)Nc2[nH][nH]c(=O)c21. The van der Waals surface area contributed by atoms with E-state index in [1.54, 1.807) is 18.4 Å². The molecule has 0 unspecified atom stereocenters. The maximum absolute atomic E-state index is 13.3. The Kier molecular flexibility index (Phi) is 3.98. The predicted octanol–water partition coefficient (Wildman–Crippen LogP) is 3.73. The number of ketones is 1. The molecular formula is C21H19N3O3S. The van der Waals surface area contributed by atoms with Gasteiger partial charge in [0.1, 0.15) is 11.6 Å². The number of nitrogens with one attached hydrogen (secondary N) is 3. The number of carbonyl (C=O) groups excluding carboxylic acids is 1. The van der Waals surface area contributed by atoms with Crippen LogP contribution in [0.25, 0.3) is 0 Å². The first-order chi connectivity index (χ1) is 13.7. The van der Waals surface area contributed by atoms with Gasteiger partial charge in [0.05, 0.1) is 18.6 Å². The number of aromatic amines is 2. The number of thiophene rings is 1. The van der Waals surface area contributed by atoms with Crippen LogP contribution in [0.4, 0.5) is 5.82 Å². The largest absolute Gasteiger partial charge is 0.496 e. The van der Waals surface area contributed by atoms with Gasteiger partial charge < -0.3 is 10.1 Å². The summed E-state index contributed by atoms with van der Waals surface area (Å²) in [6.07, 6.45) is 1.18. The Balaban J connectivity index is 1.69. The van der Waals surface area contributed by atoms with Crippen molar-refractivity contribution in [3.63, 3.8) is 0 Å². The van der Waals surface area contributed by atoms with Gasteiger partial charge in [-0.25, -0.2) is 0 Å². The number of anilines is 1. The summed E-state index contributed by atoms with van der Waals surface area (Å²) in [4.78, 5) is 27.1. The molecule has 1 aliphatic carbocycles. The Hall–Kier alpha value is -3.06. The molecule has 0 spiro atoms. The van der Waals surface area contributed by atoms with E-state index in [1.165, 1.54) is 4.88 Å². The minimum atomic E-state index is -0.450. The summed E-state index contributed by atoms with van der Waals surface area (Å²) in [5.74, 6) is 1.08. The van der Waals surface area contributed by atoms with Gasteiger partial charge in [-0.05, 0) is 23.9 Å². The molecule has 0 fully saturated rings. The zero-order chi connectivity index (χ0) is 19.3. The molecule has 6 nitrogen and oxygen atoms in total. The van der Waals surface area contributed by atoms with Gasteiger partial charge in [0, 0.05) is 34.0 Å². The van der Waals surface area contributed by atoms with E-state index in [4.69, 9.17) is 4.74 Å². The van der Waals surface area contributed by atoms with E-state index >= 15 is 0 Å². The summed E-state index contributed by atoms with van der Waals surface area (Å²) in [7, 11) is 1.60. The highest BCUT2D eigenvalue weighted by Gasteiger charge is 2.41. The Bertz CT molecular complexity index is 1140. The Morgan fingerprint density at radius 2 is 1.93 bits per heavy atom. The summed E-state index contributed by atoms with van der Waals surface area (Å²) in [6.45, 7) is 0. The molecule has 3 aromatic rings. The highest BCUT2D eigenvalue weighted by molar-refractivity contribution is 7.10. The fourth-order valence-electron chi connectivity index (χ4n) is 4.36. The molecule has 1 aliphatic heterocycles. The van der Waals surface area contributed by atoms with Gasteiger partial charge in [-0.2, -0.15) is 0 Å². The Labute approximate surface area is 165 Å². The first-order valence-corrected chi connectivity index (χ1v) is 10.1. The van der Waals surface area contributed by atoms with Gasteiger partial charge in [0.2, 0.25) is 0 Å². The van der Waals surface area contributed by atoms with Gasteiger partial charge in [-0.3, -0.25) is 19.8 Å². The number of ether oxygens (including phenoxy) is 1. The lowest BCUT2D eigenvalue weighted by Crippen LogP contribution is -2.31. The standard InChI is InChI=1S/C21H19N3O3S/c1-27-15-6-3-2-5-12(15)17-18-13(22-20-19(17)21(26)24-23-20)9-11(10-14(18)25)16-7-4-8-28-16/h2-8,11,17H,9-10H2,1H3,(H3,22,23,24,26)/t11-,17-/m1/s1. The first kappa shape index (κ1) is 17.1. The number of rotatable bonds is 3. The van der Waals surface area contributed by atoms with Crippen molar-refractivity contribution in [1.29, 1.82) is 0 Å². The molecule has 3 N–H and O–H groups in total. The molecule has 7 heteroatoms. The number of hydrogen-bond donors (Lipinski definition) is 3. The molecular weight excluding hydrogens is 374 g/mol. The van der Waals surface area contributed by atoms with Crippen LogP contribution in [0.15, 0.2) is 57.8 Å². The number of para-hydroxylation sites is 1. The van der Waals surface area contributed by atoms with Crippen molar-refractivity contribution in [2.45, 2.75) is 24.7 Å². The molecule has 3 heterocycles. The van der Waals surface area contributed by atoms with Crippen molar-refractivity contribution in [2.75, 3.05) is 12.4 Å². The van der Waals surface area contributed by atoms with Crippen molar-refractivity contribution in [1.82, 2.24) is 10.2 Å². The number of hydrogen-bond acceptors (Lipinski definition) is 5. The number of methoxy groups -OCH3 is 1. The number of aromatic nitrogens is 2. The van der Waals surface area contributed by atoms with Crippen LogP contribution in [0.5, 0.6) is 5.75 Å².